The van der Waals surface area contributed by atoms with E-state index in [0.29, 0.717) is 0 Å². The van der Waals surface area contributed by atoms with Crippen LogP contribution in [0, 0.1) is 0 Å². The van der Waals surface area contributed by atoms with Crippen molar-refractivity contribution in [2.75, 3.05) is 17.6 Å². The molecule has 3 nitrogen and oxygen atoms in total. The molecule has 0 radical (unpaired) electrons. The lowest BCUT2D eigenvalue weighted by molar-refractivity contribution is 0.329. The minimum absolute atomic E-state index is 0.0510. The van der Waals surface area contributed by atoms with E-state index in [1.54, 1.807) is 0 Å². The standard InChI is InChI=1S/C8H13IN2O/c9-4-5-10-8-3-1-2-7(6-12)11-8/h2,12H,1,3-6H2,(H,10,11). The molecule has 0 aromatic rings. The first-order valence-corrected chi connectivity index (χ1v) is 5.56. The van der Waals surface area contributed by atoms with Crippen molar-refractivity contribution in [2.24, 2.45) is 4.99 Å². The molecule has 0 atom stereocenters. The van der Waals surface area contributed by atoms with Gasteiger partial charge in [-0.3, -0.25) is 0 Å². The average Bonchev–Trinajstić information content (AvgIpc) is 2.15. The molecule has 0 bridgehead atoms. The van der Waals surface area contributed by atoms with Gasteiger partial charge in [0, 0.05) is 17.4 Å². The molecular weight excluding hydrogens is 267 g/mol. The van der Waals surface area contributed by atoms with E-state index in [0.717, 1.165) is 35.3 Å². The van der Waals surface area contributed by atoms with E-state index in [-0.39, 0.29) is 6.61 Å². The van der Waals surface area contributed by atoms with Crippen LogP contribution in [-0.2, 0) is 0 Å². The molecule has 0 aliphatic carbocycles. The average molecular weight is 280 g/mol. The van der Waals surface area contributed by atoms with Crippen LogP contribution >= 0.6 is 22.6 Å². The summed E-state index contributed by atoms with van der Waals surface area (Å²) in [6, 6.07) is 0. The third kappa shape index (κ3) is 3.10. The Balaban J connectivity index is 2.43. The van der Waals surface area contributed by atoms with E-state index < -0.39 is 0 Å². The predicted molar refractivity (Wildman–Crippen MR) is 58.7 cm³/mol. The number of nitrogens with one attached hydrogen (secondary N) is 1. The highest BCUT2D eigenvalue weighted by Gasteiger charge is 2.04. The number of aliphatic imine (C=N–C) groups is 1. The number of nitrogens with zero attached hydrogens (tertiary/aromatic N) is 1. The fraction of sp³-hybridized carbons (Fsp3) is 0.625. The lowest BCUT2D eigenvalue weighted by Gasteiger charge is -2.12. The molecule has 1 aliphatic rings. The largest absolute Gasteiger partial charge is 0.390 e. The molecule has 1 heterocycles. The number of halogens is 1. The summed E-state index contributed by atoms with van der Waals surface area (Å²) in [6.07, 6.45) is 3.94. The highest BCUT2D eigenvalue weighted by Crippen LogP contribution is 2.08. The Morgan fingerprint density at radius 1 is 1.67 bits per heavy atom. The van der Waals surface area contributed by atoms with E-state index in [1.807, 2.05) is 6.08 Å². The van der Waals surface area contributed by atoms with E-state index >= 15 is 0 Å². The summed E-state index contributed by atoms with van der Waals surface area (Å²) in [6.45, 7) is 1.01. The molecule has 1 aliphatic heterocycles. The SMILES string of the molecule is OCC1=CCCC(NCCI)=N1. The smallest absolute Gasteiger partial charge is 0.102 e. The van der Waals surface area contributed by atoms with Gasteiger partial charge < -0.3 is 10.4 Å². The van der Waals surface area contributed by atoms with Crippen molar-refractivity contribution in [3.05, 3.63) is 11.8 Å². The first-order valence-electron chi connectivity index (χ1n) is 4.04. The van der Waals surface area contributed by atoms with Gasteiger partial charge >= 0.3 is 0 Å². The van der Waals surface area contributed by atoms with Crippen LogP contribution in [0.4, 0.5) is 0 Å². The Labute approximate surface area is 86.1 Å². The minimum atomic E-state index is 0.0510. The Hall–Kier alpha value is -0.100. The van der Waals surface area contributed by atoms with Gasteiger partial charge in [-0.25, -0.2) is 4.99 Å². The number of amidine groups is 1. The molecule has 0 saturated carbocycles. The second-order valence-corrected chi connectivity index (χ2v) is 3.65. The summed E-state index contributed by atoms with van der Waals surface area (Å²) in [4.78, 5) is 4.25. The second-order valence-electron chi connectivity index (χ2n) is 2.57. The van der Waals surface area contributed by atoms with Crippen molar-refractivity contribution in [3.63, 3.8) is 0 Å². The van der Waals surface area contributed by atoms with Gasteiger partial charge in [0.2, 0.25) is 0 Å². The molecule has 68 valence electrons. The number of allylic oxidation sites excluding steroid dienone is 1. The Morgan fingerprint density at radius 3 is 3.17 bits per heavy atom. The maximum absolute atomic E-state index is 8.83. The maximum Gasteiger partial charge on any atom is 0.102 e. The topological polar surface area (TPSA) is 44.6 Å². The first-order chi connectivity index (χ1) is 5.86. The van der Waals surface area contributed by atoms with Crippen molar-refractivity contribution >= 4 is 28.4 Å². The highest BCUT2D eigenvalue weighted by atomic mass is 127. The monoisotopic (exact) mass is 280 g/mol. The van der Waals surface area contributed by atoms with Gasteiger partial charge in [0.15, 0.2) is 0 Å². The third-order valence-electron chi connectivity index (χ3n) is 1.63. The second kappa shape index (κ2) is 5.53. The van der Waals surface area contributed by atoms with Gasteiger partial charge in [0.05, 0.1) is 12.3 Å². The van der Waals surface area contributed by atoms with Crippen LogP contribution in [0.1, 0.15) is 12.8 Å². The molecule has 1 rings (SSSR count). The van der Waals surface area contributed by atoms with Crippen LogP contribution in [0.3, 0.4) is 0 Å². The summed E-state index contributed by atoms with van der Waals surface area (Å²) in [7, 11) is 0. The van der Waals surface area contributed by atoms with Crippen LogP contribution in [0.5, 0.6) is 0 Å². The lowest BCUT2D eigenvalue weighted by atomic mass is 10.2. The fourth-order valence-corrected chi connectivity index (χ4v) is 1.34. The zero-order valence-electron chi connectivity index (χ0n) is 6.89. The van der Waals surface area contributed by atoms with Crippen molar-refractivity contribution in [1.82, 2.24) is 5.32 Å². The Morgan fingerprint density at radius 2 is 2.50 bits per heavy atom. The van der Waals surface area contributed by atoms with E-state index in [2.05, 4.69) is 32.9 Å². The van der Waals surface area contributed by atoms with Crippen molar-refractivity contribution in [1.29, 1.82) is 0 Å². The molecule has 0 aromatic carbocycles. The van der Waals surface area contributed by atoms with Gasteiger partial charge in [-0.05, 0) is 6.42 Å². The van der Waals surface area contributed by atoms with E-state index in [4.69, 9.17) is 5.11 Å². The third-order valence-corrected chi connectivity index (χ3v) is 2.16. The van der Waals surface area contributed by atoms with Crippen LogP contribution < -0.4 is 5.32 Å². The van der Waals surface area contributed by atoms with Crippen LogP contribution in [0.25, 0.3) is 0 Å². The Bertz CT molecular complexity index is 201. The summed E-state index contributed by atoms with van der Waals surface area (Å²) >= 11 is 2.32. The van der Waals surface area contributed by atoms with E-state index in [9.17, 15) is 0 Å². The normalized spacial score (nSPS) is 16.8. The summed E-state index contributed by atoms with van der Waals surface area (Å²) in [5.74, 6) is 1.01. The van der Waals surface area contributed by atoms with Gasteiger partial charge in [-0.1, -0.05) is 28.7 Å². The Kier molecular flexibility index (Phi) is 4.60. The lowest BCUT2D eigenvalue weighted by Crippen LogP contribution is -2.26. The van der Waals surface area contributed by atoms with Crippen molar-refractivity contribution < 1.29 is 5.11 Å². The quantitative estimate of drug-likeness (QED) is 0.600. The van der Waals surface area contributed by atoms with Crippen LogP contribution in [-0.4, -0.2) is 28.5 Å². The van der Waals surface area contributed by atoms with Gasteiger partial charge in [0.25, 0.3) is 0 Å². The molecule has 4 heteroatoms. The molecule has 2 N–H and O–H groups in total. The summed E-state index contributed by atoms with van der Waals surface area (Å²) in [5.41, 5.74) is 0.789. The van der Waals surface area contributed by atoms with Crippen LogP contribution in [0.15, 0.2) is 16.8 Å². The molecule has 0 fully saturated rings. The number of aliphatic hydroxyl groups is 1. The van der Waals surface area contributed by atoms with Crippen molar-refractivity contribution in [2.45, 2.75) is 12.8 Å². The number of hydrogen-bond acceptors (Lipinski definition) is 3. The number of alkyl halides is 1. The maximum atomic E-state index is 8.83. The van der Waals surface area contributed by atoms with Crippen LogP contribution in [0.2, 0.25) is 0 Å². The minimum Gasteiger partial charge on any atom is -0.390 e. The summed E-state index contributed by atoms with van der Waals surface area (Å²) in [5, 5.41) is 12.1. The van der Waals surface area contributed by atoms with Gasteiger partial charge in [0.1, 0.15) is 5.84 Å². The molecule has 0 saturated heterocycles. The summed E-state index contributed by atoms with van der Waals surface area (Å²) < 4.78 is 1.08. The zero-order chi connectivity index (χ0) is 8.81. The fourth-order valence-electron chi connectivity index (χ4n) is 1.07. The molecule has 12 heavy (non-hydrogen) atoms. The predicted octanol–water partition coefficient (Wildman–Crippen LogP) is 1.08. The number of rotatable bonds is 3. The van der Waals surface area contributed by atoms with Gasteiger partial charge in [-0.2, -0.15) is 0 Å². The van der Waals surface area contributed by atoms with Crippen molar-refractivity contribution in [3.8, 4) is 0 Å². The molecular formula is C8H13IN2O. The van der Waals surface area contributed by atoms with E-state index in [1.165, 1.54) is 0 Å². The zero-order valence-corrected chi connectivity index (χ0v) is 9.04. The molecule has 0 spiro atoms. The van der Waals surface area contributed by atoms with Gasteiger partial charge in [-0.15, -0.1) is 0 Å². The molecule has 0 amide bonds. The first kappa shape index (κ1) is 9.98. The molecule has 0 unspecified atom stereocenters. The number of aliphatic hydroxyl groups excluding tert-OH is 1. The highest BCUT2D eigenvalue weighted by molar-refractivity contribution is 14.1. The number of hydrogen-bond donors (Lipinski definition) is 2. The molecule has 0 aromatic heterocycles.